The van der Waals surface area contributed by atoms with Crippen LogP contribution in [0.2, 0.25) is 5.02 Å². The lowest BCUT2D eigenvalue weighted by molar-refractivity contribution is 0.103. The molecule has 2 aromatic heterocycles. The summed E-state index contributed by atoms with van der Waals surface area (Å²) >= 11 is 8.93. The number of thiophene rings is 1. The first-order valence-electron chi connectivity index (χ1n) is 7.07. The fraction of sp³-hybridized carbons (Fsp3) is 0.0588. The lowest BCUT2D eigenvalue weighted by atomic mass is 10.2. The second kappa shape index (κ2) is 5.81. The van der Waals surface area contributed by atoms with Crippen LogP contribution < -0.4 is 5.32 Å². The van der Waals surface area contributed by atoms with Crippen molar-refractivity contribution in [2.45, 2.75) is 6.92 Å². The molecular weight excluding hydrogens is 367 g/mol. The highest BCUT2D eigenvalue weighted by atomic mass is 35.5. The maximum atomic E-state index is 13.3. The van der Waals surface area contributed by atoms with E-state index in [1.807, 2.05) is 25.1 Å². The maximum absolute atomic E-state index is 13.3. The van der Waals surface area contributed by atoms with Crippen LogP contribution in [0.15, 0.2) is 36.4 Å². The Hall–Kier alpha value is -2.02. The van der Waals surface area contributed by atoms with Crippen LogP contribution in [-0.4, -0.2) is 10.9 Å². The molecular formula is C17H10ClFN2OS2. The zero-order valence-electron chi connectivity index (χ0n) is 12.4. The molecule has 4 aromatic rings. The largest absolute Gasteiger partial charge is 0.297 e. The van der Waals surface area contributed by atoms with Gasteiger partial charge in [0.25, 0.3) is 5.91 Å². The van der Waals surface area contributed by atoms with Crippen molar-refractivity contribution >= 4 is 65.6 Å². The summed E-state index contributed by atoms with van der Waals surface area (Å²) in [7, 11) is 0. The number of carbonyl (C=O) groups is 1. The van der Waals surface area contributed by atoms with Gasteiger partial charge < -0.3 is 0 Å². The van der Waals surface area contributed by atoms with Gasteiger partial charge in [0.05, 0.1) is 15.2 Å². The van der Waals surface area contributed by atoms with Gasteiger partial charge >= 0.3 is 0 Å². The Balaban J connectivity index is 1.69. The van der Waals surface area contributed by atoms with Crippen molar-refractivity contribution < 1.29 is 9.18 Å². The van der Waals surface area contributed by atoms with E-state index in [1.54, 1.807) is 6.07 Å². The Labute approximate surface area is 149 Å². The molecule has 0 fully saturated rings. The molecule has 2 aromatic carbocycles. The summed E-state index contributed by atoms with van der Waals surface area (Å²) in [5.41, 5.74) is 1.76. The van der Waals surface area contributed by atoms with E-state index < -0.39 is 0 Å². The van der Waals surface area contributed by atoms with Crippen molar-refractivity contribution in [2.75, 3.05) is 5.32 Å². The van der Waals surface area contributed by atoms with Crippen LogP contribution in [0.25, 0.3) is 20.3 Å². The first kappa shape index (κ1) is 15.5. The van der Waals surface area contributed by atoms with Crippen molar-refractivity contribution in [3.05, 3.63) is 57.7 Å². The van der Waals surface area contributed by atoms with Gasteiger partial charge in [-0.15, -0.1) is 11.3 Å². The fourth-order valence-electron chi connectivity index (χ4n) is 2.42. The second-order valence-electron chi connectivity index (χ2n) is 5.33. The van der Waals surface area contributed by atoms with Crippen molar-refractivity contribution in [1.29, 1.82) is 0 Å². The summed E-state index contributed by atoms with van der Waals surface area (Å²) in [6, 6.07) is 10.2. The van der Waals surface area contributed by atoms with E-state index in [9.17, 15) is 9.18 Å². The van der Waals surface area contributed by atoms with Gasteiger partial charge in [0.15, 0.2) is 5.13 Å². The molecule has 7 heteroatoms. The number of benzene rings is 2. The molecule has 0 aliphatic rings. The molecule has 0 atom stereocenters. The molecule has 0 aliphatic carbocycles. The number of anilines is 1. The number of fused-ring (bicyclic) bond motifs is 2. The Kier molecular flexibility index (Phi) is 3.75. The lowest BCUT2D eigenvalue weighted by Crippen LogP contribution is -2.10. The standard InChI is InChI=1S/C17H10ClFN2OS2/c1-8-2-4-10-12(6-8)23-15(14(10)18)16(22)21-17-20-11-5-3-9(19)7-13(11)24-17/h2-7H,1H3,(H,20,21,22). The molecule has 1 N–H and O–H groups in total. The van der Waals surface area contributed by atoms with Gasteiger partial charge in [-0.05, 0) is 36.8 Å². The Morgan fingerprint density at radius 1 is 1.17 bits per heavy atom. The van der Waals surface area contributed by atoms with Crippen LogP contribution in [0.4, 0.5) is 9.52 Å². The predicted octanol–water partition coefficient (Wildman–Crippen LogP) is 5.86. The molecule has 0 saturated carbocycles. The molecule has 4 rings (SSSR count). The summed E-state index contributed by atoms with van der Waals surface area (Å²) in [4.78, 5) is 17.3. The molecule has 24 heavy (non-hydrogen) atoms. The third-order valence-corrected chi connectivity index (χ3v) is 6.15. The average molecular weight is 377 g/mol. The van der Waals surface area contributed by atoms with Crippen LogP contribution in [0.5, 0.6) is 0 Å². The number of halogens is 2. The molecule has 0 aliphatic heterocycles. The predicted molar refractivity (Wildman–Crippen MR) is 99.1 cm³/mol. The van der Waals surface area contributed by atoms with Gasteiger partial charge in [-0.2, -0.15) is 0 Å². The third kappa shape index (κ3) is 2.66. The van der Waals surface area contributed by atoms with Crippen LogP contribution in [0.1, 0.15) is 15.2 Å². The lowest BCUT2D eigenvalue weighted by Gasteiger charge is -1.98. The molecule has 0 radical (unpaired) electrons. The van der Waals surface area contributed by atoms with Gasteiger partial charge in [-0.3, -0.25) is 10.1 Å². The number of amides is 1. The number of aromatic nitrogens is 1. The fourth-order valence-corrected chi connectivity index (χ4v) is 4.82. The van der Waals surface area contributed by atoms with E-state index in [2.05, 4.69) is 10.3 Å². The molecule has 0 spiro atoms. The molecule has 0 unspecified atom stereocenters. The number of nitrogens with zero attached hydrogens (tertiary/aromatic N) is 1. The summed E-state index contributed by atoms with van der Waals surface area (Å²) < 4.78 is 14.9. The van der Waals surface area contributed by atoms with Gasteiger partial charge in [-0.25, -0.2) is 9.37 Å². The van der Waals surface area contributed by atoms with E-state index in [1.165, 1.54) is 34.8 Å². The van der Waals surface area contributed by atoms with Gasteiger partial charge in [0.1, 0.15) is 10.7 Å². The molecule has 2 heterocycles. The molecule has 3 nitrogen and oxygen atoms in total. The summed E-state index contributed by atoms with van der Waals surface area (Å²) in [6.45, 7) is 1.99. The summed E-state index contributed by atoms with van der Waals surface area (Å²) in [5, 5.41) is 4.49. The minimum absolute atomic E-state index is 0.307. The van der Waals surface area contributed by atoms with Crippen molar-refractivity contribution in [2.24, 2.45) is 0 Å². The van der Waals surface area contributed by atoms with E-state index in [0.29, 0.717) is 25.2 Å². The minimum atomic E-state index is -0.327. The first-order valence-corrected chi connectivity index (χ1v) is 9.08. The quantitative estimate of drug-likeness (QED) is 0.475. The van der Waals surface area contributed by atoms with Gasteiger partial charge in [0, 0.05) is 10.1 Å². The number of carbonyl (C=O) groups excluding carboxylic acids is 1. The zero-order valence-corrected chi connectivity index (χ0v) is 14.8. The van der Waals surface area contributed by atoms with Crippen LogP contribution in [0.3, 0.4) is 0 Å². The van der Waals surface area contributed by atoms with E-state index in [-0.39, 0.29) is 11.7 Å². The Bertz CT molecular complexity index is 1100. The second-order valence-corrected chi connectivity index (χ2v) is 7.79. The number of hydrogen-bond donors (Lipinski definition) is 1. The number of rotatable bonds is 2. The average Bonchev–Trinajstić information content (AvgIpc) is 3.07. The van der Waals surface area contributed by atoms with Crippen molar-refractivity contribution in [3.8, 4) is 0 Å². The first-order chi connectivity index (χ1) is 11.5. The minimum Gasteiger partial charge on any atom is -0.297 e. The highest BCUT2D eigenvalue weighted by Gasteiger charge is 2.18. The number of hydrogen-bond acceptors (Lipinski definition) is 4. The molecule has 120 valence electrons. The third-order valence-electron chi connectivity index (χ3n) is 3.56. The zero-order chi connectivity index (χ0) is 16.8. The smallest absolute Gasteiger partial charge is 0.269 e. The molecule has 0 bridgehead atoms. The highest BCUT2D eigenvalue weighted by molar-refractivity contribution is 7.23. The van der Waals surface area contributed by atoms with Crippen LogP contribution in [-0.2, 0) is 0 Å². The summed E-state index contributed by atoms with van der Waals surface area (Å²) in [5.74, 6) is -0.634. The highest BCUT2D eigenvalue weighted by Crippen LogP contribution is 2.36. The van der Waals surface area contributed by atoms with E-state index in [4.69, 9.17) is 11.6 Å². The van der Waals surface area contributed by atoms with Crippen LogP contribution in [0, 0.1) is 12.7 Å². The van der Waals surface area contributed by atoms with Gasteiger partial charge in [-0.1, -0.05) is 35.1 Å². The number of nitrogens with one attached hydrogen (secondary N) is 1. The monoisotopic (exact) mass is 376 g/mol. The SMILES string of the molecule is Cc1ccc2c(Cl)c(C(=O)Nc3nc4ccc(F)cc4s3)sc2c1. The van der Waals surface area contributed by atoms with Crippen molar-refractivity contribution in [1.82, 2.24) is 4.98 Å². The normalized spacial score (nSPS) is 11.3. The van der Waals surface area contributed by atoms with E-state index in [0.717, 1.165) is 15.6 Å². The number of thiazole rings is 1. The van der Waals surface area contributed by atoms with E-state index >= 15 is 0 Å². The van der Waals surface area contributed by atoms with Crippen LogP contribution >= 0.6 is 34.3 Å². The van der Waals surface area contributed by atoms with Gasteiger partial charge in [0.2, 0.25) is 0 Å². The Morgan fingerprint density at radius 3 is 2.83 bits per heavy atom. The topological polar surface area (TPSA) is 42.0 Å². The number of aryl methyl sites for hydroxylation is 1. The Morgan fingerprint density at radius 2 is 2.00 bits per heavy atom. The maximum Gasteiger partial charge on any atom is 0.269 e. The molecule has 0 saturated heterocycles. The van der Waals surface area contributed by atoms with Crippen molar-refractivity contribution in [3.63, 3.8) is 0 Å². The molecule has 1 amide bonds. The summed E-state index contributed by atoms with van der Waals surface area (Å²) in [6.07, 6.45) is 0.